The van der Waals surface area contributed by atoms with Crippen LogP contribution in [0.1, 0.15) is 58.3 Å². The number of unbranched alkanes of at least 4 members (excludes halogenated alkanes) is 5. The van der Waals surface area contributed by atoms with Crippen LogP contribution in [0, 0.1) is 0 Å². The molecule has 0 heterocycles. The van der Waals surface area contributed by atoms with Crippen LogP contribution in [-0.4, -0.2) is 31.1 Å². The number of nitrogens with two attached hydrogens (primary N) is 3. The molecule has 0 spiro atoms. The Morgan fingerprint density at radius 3 is 2.23 bits per heavy atom. The van der Waals surface area contributed by atoms with Gasteiger partial charge in [0.15, 0.2) is 5.96 Å². The molecule has 0 rings (SSSR count). The lowest BCUT2D eigenvalue weighted by molar-refractivity contribution is -0.145. The van der Waals surface area contributed by atoms with E-state index < -0.39 is 6.04 Å². The van der Waals surface area contributed by atoms with Gasteiger partial charge >= 0.3 is 5.97 Å². The molecule has 0 unspecified atom stereocenters. The van der Waals surface area contributed by atoms with Crippen molar-refractivity contribution < 1.29 is 9.53 Å². The van der Waals surface area contributed by atoms with Gasteiger partial charge in [-0.1, -0.05) is 39.0 Å². The predicted octanol–water partition coefficient (Wildman–Crippen LogP) is 2.11. The molecular weight excluding hydrogens is 327 g/mol. The number of halogens is 2. The van der Waals surface area contributed by atoms with E-state index in [2.05, 4.69) is 11.9 Å². The molecule has 134 valence electrons. The average molecular weight is 359 g/mol. The van der Waals surface area contributed by atoms with Gasteiger partial charge in [-0.3, -0.25) is 9.79 Å². The van der Waals surface area contributed by atoms with Crippen molar-refractivity contribution in [2.45, 2.75) is 64.3 Å². The molecule has 0 amide bonds. The lowest BCUT2D eigenvalue weighted by Crippen LogP contribution is -2.32. The van der Waals surface area contributed by atoms with Gasteiger partial charge in [0.05, 0.1) is 6.61 Å². The zero-order chi connectivity index (χ0) is 15.2. The molecule has 8 heteroatoms. The summed E-state index contributed by atoms with van der Waals surface area (Å²) < 4.78 is 5.14. The van der Waals surface area contributed by atoms with Gasteiger partial charge in [0.2, 0.25) is 0 Å². The Morgan fingerprint density at radius 2 is 1.64 bits per heavy atom. The van der Waals surface area contributed by atoms with Crippen LogP contribution < -0.4 is 17.2 Å². The molecule has 6 nitrogen and oxygen atoms in total. The van der Waals surface area contributed by atoms with Crippen LogP contribution >= 0.6 is 24.8 Å². The van der Waals surface area contributed by atoms with Crippen LogP contribution in [0.25, 0.3) is 0 Å². The third-order valence-electron chi connectivity index (χ3n) is 3.01. The molecule has 0 radical (unpaired) electrons. The highest BCUT2D eigenvalue weighted by atomic mass is 35.5. The highest BCUT2D eigenvalue weighted by Gasteiger charge is 2.13. The maximum absolute atomic E-state index is 11.6. The van der Waals surface area contributed by atoms with Gasteiger partial charge < -0.3 is 21.9 Å². The van der Waals surface area contributed by atoms with Gasteiger partial charge in [0.25, 0.3) is 0 Å². The van der Waals surface area contributed by atoms with Crippen LogP contribution in [0.3, 0.4) is 0 Å². The predicted molar refractivity (Wildman–Crippen MR) is 96.7 cm³/mol. The molecule has 0 aromatic rings. The third-order valence-corrected chi connectivity index (χ3v) is 3.01. The topological polar surface area (TPSA) is 117 Å². The van der Waals surface area contributed by atoms with Gasteiger partial charge in [0.1, 0.15) is 6.04 Å². The molecule has 0 aromatic heterocycles. The van der Waals surface area contributed by atoms with Crippen LogP contribution in [0.15, 0.2) is 4.99 Å². The monoisotopic (exact) mass is 358 g/mol. The van der Waals surface area contributed by atoms with Crippen LogP contribution in [0.5, 0.6) is 0 Å². The standard InChI is InChI=1S/C14H30N4O2.2ClH/c1-2-3-4-5-6-7-11-20-13(19)12(15)9-8-10-18-14(16)17;;/h12H,2-11,15H2,1H3,(H4,16,17,18);2*1H/t12-;;/m0../s1. The summed E-state index contributed by atoms with van der Waals surface area (Å²) in [4.78, 5) is 15.4. The number of hydrogen-bond donors (Lipinski definition) is 3. The van der Waals surface area contributed by atoms with Crippen molar-refractivity contribution in [1.29, 1.82) is 0 Å². The summed E-state index contributed by atoms with van der Waals surface area (Å²) in [6, 6.07) is -0.579. The SMILES string of the molecule is CCCCCCCCOC(=O)[C@@H](N)CCCN=C(N)N.Cl.Cl. The van der Waals surface area contributed by atoms with E-state index in [1.165, 1.54) is 25.7 Å². The highest BCUT2D eigenvalue weighted by molar-refractivity contribution is 5.85. The molecule has 0 aliphatic rings. The van der Waals surface area contributed by atoms with E-state index in [9.17, 15) is 4.79 Å². The minimum absolute atomic E-state index is 0. The maximum Gasteiger partial charge on any atom is 0.322 e. The Hall–Kier alpha value is -0.720. The molecule has 0 aliphatic carbocycles. The summed E-state index contributed by atoms with van der Waals surface area (Å²) in [6.07, 6.45) is 8.20. The minimum Gasteiger partial charge on any atom is -0.465 e. The van der Waals surface area contributed by atoms with Crippen molar-refractivity contribution in [2.24, 2.45) is 22.2 Å². The number of hydrogen-bond acceptors (Lipinski definition) is 4. The summed E-state index contributed by atoms with van der Waals surface area (Å²) in [6.45, 7) is 3.14. The number of ether oxygens (including phenoxy) is 1. The Kier molecular flexibility index (Phi) is 21.8. The zero-order valence-corrected chi connectivity index (χ0v) is 15.1. The average Bonchev–Trinajstić information content (AvgIpc) is 2.41. The zero-order valence-electron chi connectivity index (χ0n) is 13.5. The number of nitrogens with zero attached hydrogens (tertiary/aromatic N) is 1. The fraction of sp³-hybridized carbons (Fsp3) is 0.857. The molecule has 0 aliphatic heterocycles. The second-order valence-electron chi connectivity index (χ2n) is 4.99. The van der Waals surface area contributed by atoms with E-state index in [0.29, 0.717) is 26.0 Å². The van der Waals surface area contributed by atoms with Crippen molar-refractivity contribution in [2.75, 3.05) is 13.2 Å². The molecule has 0 aromatic carbocycles. The van der Waals surface area contributed by atoms with Gasteiger partial charge in [0, 0.05) is 6.54 Å². The first-order chi connectivity index (χ1) is 9.57. The Balaban J connectivity index is -0.00000180. The van der Waals surface area contributed by atoms with Crippen LogP contribution in [0.4, 0.5) is 0 Å². The van der Waals surface area contributed by atoms with Gasteiger partial charge in [-0.15, -0.1) is 24.8 Å². The van der Waals surface area contributed by atoms with Crippen molar-refractivity contribution >= 4 is 36.7 Å². The second kappa shape index (κ2) is 18.3. The fourth-order valence-corrected chi connectivity index (χ4v) is 1.80. The number of guanidine groups is 1. The summed E-state index contributed by atoms with van der Waals surface area (Å²) in [7, 11) is 0. The van der Waals surface area contributed by atoms with E-state index >= 15 is 0 Å². The molecule has 1 atom stereocenters. The normalized spacial score (nSPS) is 10.8. The minimum atomic E-state index is -0.579. The maximum atomic E-state index is 11.6. The van der Waals surface area contributed by atoms with Crippen molar-refractivity contribution in [3.8, 4) is 0 Å². The molecule has 0 saturated heterocycles. The third kappa shape index (κ3) is 17.3. The lowest BCUT2D eigenvalue weighted by Gasteiger charge is -2.10. The summed E-state index contributed by atoms with van der Waals surface area (Å²) in [5.41, 5.74) is 16.1. The first-order valence-corrected chi connectivity index (χ1v) is 7.55. The number of rotatable bonds is 12. The van der Waals surface area contributed by atoms with Gasteiger partial charge in [-0.05, 0) is 19.3 Å². The largest absolute Gasteiger partial charge is 0.465 e. The van der Waals surface area contributed by atoms with Gasteiger partial charge in [-0.25, -0.2) is 0 Å². The van der Waals surface area contributed by atoms with Gasteiger partial charge in [-0.2, -0.15) is 0 Å². The van der Waals surface area contributed by atoms with E-state index in [0.717, 1.165) is 12.8 Å². The van der Waals surface area contributed by atoms with Crippen LogP contribution in [-0.2, 0) is 9.53 Å². The summed E-state index contributed by atoms with van der Waals surface area (Å²) in [5.74, 6) is -0.271. The fourth-order valence-electron chi connectivity index (χ4n) is 1.80. The Morgan fingerprint density at radius 1 is 1.05 bits per heavy atom. The molecular formula is C14H32Cl2N4O2. The smallest absolute Gasteiger partial charge is 0.322 e. The quantitative estimate of drug-likeness (QED) is 0.214. The number of carbonyl (C=O) groups is 1. The molecule has 0 fully saturated rings. The molecule has 0 saturated carbocycles. The highest BCUT2D eigenvalue weighted by Crippen LogP contribution is 2.05. The first-order valence-electron chi connectivity index (χ1n) is 7.55. The second-order valence-corrected chi connectivity index (χ2v) is 4.99. The Labute approximate surface area is 146 Å². The number of carbonyl (C=O) groups excluding carboxylic acids is 1. The van der Waals surface area contributed by atoms with Crippen molar-refractivity contribution in [1.82, 2.24) is 0 Å². The molecule has 6 N–H and O–H groups in total. The van der Waals surface area contributed by atoms with Crippen molar-refractivity contribution in [3.05, 3.63) is 0 Å². The van der Waals surface area contributed by atoms with E-state index in [-0.39, 0.29) is 36.7 Å². The van der Waals surface area contributed by atoms with Crippen LogP contribution in [0.2, 0.25) is 0 Å². The van der Waals surface area contributed by atoms with E-state index in [1.54, 1.807) is 0 Å². The Bertz CT molecular complexity index is 288. The summed E-state index contributed by atoms with van der Waals surface area (Å²) in [5, 5.41) is 0. The van der Waals surface area contributed by atoms with E-state index in [1.807, 2.05) is 0 Å². The van der Waals surface area contributed by atoms with E-state index in [4.69, 9.17) is 21.9 Å². The molecule has 22 heavy (non-hydrogen) atoms. The lowest BCUT2D eigenvalue weighted by atomic mass is 10.1. The number of esters is 1. The van der Waals surface area contributed by atoms with Crippen molar-refractivity contribution in [3.63, 3.8) is 0 Å². The molecule has 0 bridgehead atoms. The number of aliphatic imine (C=N–C) groups is 1. The summed E-state index contributed by atoms with van der Waals surface area (Å²) >= 11 is 0. The first kappa shape index (κ1) is 26.2.